The summed E-state index contributed by atoms with van der Waals surface area (Å²) in [4.78, 5) is 10.7. The van der Waals surface area contributed by atoms with Crippen LogP contribution in [-0.2, 0) is 6.54 Å². The van der Waals surface area contributed by atoms with Crippen molar-refractivity contribution in [3.8, 4) is 0 Å². The van der Waals surface area contributed by atoms with Crippen molar-refractivity contribution in [2.24, 2.45) is 5.73 Å². The van der Waals surface area contributed by atoms with Crippen molar-refractivity contribution in [1.82, 2.24) is 9.97 Å². The highest BCUT2D eigenvalue weighted by Crippen LogP contribution is 2.18. The van der Waals surface area contributed by atoms with E-state index in [1.807, 2.05) is 30.5 Å². The highest BCUT2D eigenvalue weighted by molar-refractivity contribution is 7.98. The third-order valence-electron chi connectivity index (χ3n) is 2.78. The number of anilines is 1. The summed E-state index contributed by atoms with van der Waals surface area (Å²) in [5, 5.41) is 0.972. The zero-order chi connectivity index (χ0) is 13.5. The minimum Gasteiger partial charge on any atom is -0.351 e. The molecule has 0 aliphatic heterocycles. The molecule has 0 spiro atoms. The normalized spacial score (nSPS) is 10.4. The molecule has 1 aromatic heterocycles. The Kier molecular flexibility index (Phi) is 5.18. The molecule has 1 heterocycles. The predicted octanol–water partition coefficient (Wildman–Crippen LogP) is 2.16. The van der Waals surface area contributed by atoms with Crippen LogP contribution >= 0.6 is 11.8 Å². The van der Waals surface area contributed by atoms with Gasteiger partial charge in [-0.15, -0.1) is 11.8 Å². The summed E-state index contributed by atoms with van der Waals surface area (Å²) in [5.74, 6) is 0.925. The van der Waals surface area contributed by atoms with Crippen molar-refractivity contribution in [3.63, 3.8) is 0 Å². The van der Waals surface area contributed by atoms with Crippen LogP contribution in [0.3, 0.4) is 0 Å². The van der Waals surface area contributed by atoms with Crippen molar-refractivity contribution in [1.29, 1.82) is 0 Å². The minimum absolute atomic E-state index is 0.603. The average Bonchev–Trinajstić information content (AvgIpc) is 2.48. The molecular formula is C14H18N4S. The van der Waals surface area contributed by atoms with E-state index in [1.165, 1.54) is 5.56 Å². The first-order valence-electron chi connectivity index (χ1n) is 6.18. The van der Waals surface area contributed by atoms with Crippen molar-refractivity contribution >= 4 is 17.6 Å². The Morgan fingerprint density at radius 2 is 2.00 bits per heavy atom. The molecule has 0 fully saturated rings. The van der Waals surface area contributed by atoms with Crippen LogP contribution in [0.1, 0.15) is 5.56 Å². The van der Waals surface area contributed by atoms with E-state index in [1.54, 1.807) is 18.1 Å². The molecule has 5 heteroatoms. The van der Waals surface area contributed by atoms with Gasteiger partial charge < -0.3 is 10.6 Å². The number of aromatic nitrogens is 2. The van der Waals surface area contributed by atoms with Crippen LogP contribution in [0, 0.1) is 0 Å². The van der Waals surface area contributed by atoms with Gasteiger partial charge in [0, 0.05) is 25.7 Å². The molecule has 0 atom stereocenters. The van der Waals surface area contributed by atoms with E-state index in [0.717, 1.165) is 23.9 Å². The van der Waals surface area contributed by atoms with Crippen LogP contribution in [0.15, 0.2) is 47.8 Å². The topological polar surface area (TPSA) is 55.0 Å². The van der Waals surface area contributed by atoms with Gasteiger partial charge in [-0.3, -0.25) is 0 Å². The molecule has 100 valence electrons. The van der Waals surface area contributed by atoms with Crippen LogP contribution in [0.4, 0.5) is 5.82 Å². The van der Waals surface area contributed by atoms with Crippen molar-refractivity contribution < 1.29 is 0 Å². The van der Waals surface area contributed by atoms with Crippen LogP contribution in [-0.4, -0.2) is 29.3 Å². The van der Waals surface area contributed by atoms with Gasteiger partial charge >= 0.3 is 0 Å². The maximum Gasteiger partial charge on any atom is 0.133 e. The Balaban J connectivity index is 2.19. The van der Waals surface area contributed by atoms with Gasteiger partial charge in [0.1, 0.15) is 17.2 Å². The van der Waals surface area contributed by atoms with Crippen molar-refractivity contribution in [3.05, 3.63) is 48.3 Å². The molecule has 4 nitrogen and oxygen atoms in total. The van der Waals surface area contributed by atoms with Gasteiger partial charge in [0.2, 0.25) is 0 Å². The third-order valence-corrected chi connectivity index (χ3v) is 3.42. The van der Waals surface area contributed by atoms with E-state index in [4.69, 9.17) is 5.73 Å². The van der Waals surface area contributed by atoms with E-state index in [2.05, 4.69) is 27.0 Å². The molecular weight excluding hydrogens is 256 g/mol. The molecule has 0 radical (unpaired) electrons. The maximum absolute atomic E-state index is 5.70. The van der Waals surface area contributed by atoms with Gasteiger partial charge in [-0.2, -0.15) is 0 Å². The number of hydrogen-bond acceptors (Lipinski definition) is 5. The lowest BCUT2D eigenvalue weighted by Gasteiger charge is -2.23. The van der Waals surface area contributed by atoms with E-state index in [9.17, 15) is 0 Å². The molecule has 0 aliphatic rings. The zero-order valence-electron chi connectivity index (χ0n) is 11.0. The molecule has 19 heavy (non-hydrogen) atoms. The Hall–Kier alpha value is -1.59. The van der Waals surface area contributed by atoms with Crippen molar-refractivity contribution in [2.75, 3.05) is 24.2 Å². The third kappa shape index (κ3) is 3.94. The van der Waals surface area contributed by atoms with Crippen LogP contribution in [0.2, 0.25) is 0 Å². The summed E-state index contributed by atoms with van der Waals surface area (Å²) in [6.07, 6.45) is 3.62. The molecule has 0 unspecified atom stereocenters. The summed E-state index contributed by atoms with van der Waals surface area (Å²) in [6.45, 7) is 2.19. The molecule has 2 rings (SSSR count). The highest BCUT2D eigenvalue weighted by atomic mass is 32.2. The second-order valence-corrected chi connectivity index (χ2v) is 4.94. The quantitative estimate of drug-likeness (QED) is 0.646. The van der Waals surface area contributed by atoms with Crippen molar-refractivity contribution in [2.45, 2.75) is 11.6 Å². The fraction of sp³-hybridized carbons (Fsp3) is 0.286. The van der Waals surface area contributed by atoms with Gasteiger partial charge in [-0.1, -0.05) is 30.3 Å². The van der Waals surface area contributed by atoms with Gasteiger partial charge in [-0.05, 0) is 11.8 Å². The molecule has 1 aromatic carbocycles. The number of nitrogens with zero attached hydrogens (tertiary/aromatic N) is 3. The van der Waals surface area contributed by atoms with E-state index < -0.39 is 0 Å². The molecule has 0 bridgehead atoms. The monoisotopic (exact) mass is 274 g/mol. The molecule has 0 saturated carbocycles. The van der Waals surface area contributed by atoms with E-state index in [-0.39, 0.29) is 0 Å². The second-order valence-electron chi connectivity index (χ2n) is 4.11. The number of thioether (sulfide) groups is 1. The molecule has 0 aliphatic carbocycles. The number of rotatable bonds is 6. The average molecular weight is 274 g/mol. The van der Waals surface area contributed by atoms with Gasteiger partial charge in [0.15, 0.2) is 0 Å². The molecule has 0 amide bonds. The van der Waals surface area contributed by atoms with Crippen LogP contribution < -0.4 is 10.6 Å². The van der Waals surface area contributed by atoms with E-state index >= 15 is 0 Å². The Morgan fingerprint density at radius 1 is 1.21 bits per heavy atom. The smallest absolute Gasteiger partial charge is 0.133 e. The zero-order valence-corrected chi connectivity index (χ0v) is 11.8. The lowest BCUT2D eigenvalue weighted by molar-refractivity contribution is 0.769. The SMILES string of the molecule is CSc1cc(N(CCN)Cc2ccccc2)ncn1. The van der Waals surface area contributed by atoms with Crippen LogP contribution in [0.5, 0.6) is 0 Å². The number of hydrogen-bond donors (Lipinski definition) is 1. The first-order chi connectivity index (χ1) is 9.33. The standard InChI is InChI=1S/C14H18N4S/c1-19-14-9-13(16-11-17-14)18(8-7-15)10-12-5-3-2-4-6-12/h2-6,9,11H,7-8,10,15H2,1H3. The van der Waals surface area contributed by atoms with Crippen LogP contribution in [0.25, 0.3) is 0 Å². The molecule has 2 aromatic rings. The Bertz CT molecular complexity index is 504. The number of nitrogens with two attached hydrogens (primary N) is 1. The fourth-order valence-electron chi connectivity index (χ4n) is 1.85. The lowest BCUT2D eigenvalue weighted by atomic mass is 10.2. The Morgan fingerprint density at radius 3 is 2.68 bits per heavy atom. The Labute approximate surface area is 118 Å². The summed E-state index contributed by atoms with van der Waals surface area (Å²) < 4.78 is 0. The highest BCUT2D eigenvalue weighted by Gasteiger charge is 2.09. The van der Waals surface area contributed by atoms with Gasteiger partial charge in [0.05, 0.1) is 0 Å². The predicted molar refractivity (Wildman–Crippen MR) is 80.4 cm³/mol. The first kappa shape index (κ1) is 13.8. The maximum atomic E-state index is 5.70. The largest absolute Gasteiger partial charge is 0.351 e. The second kappa shape index (κ2) is 7.11. The number of benzene rings is 1. The molecule has 0 saturated heterocycles. The lowest BCUT2D eigenvalue weighted by Crippen LogP contribution is -2.29. The first-order valence-corrected chi connectivity index (χ1v) is 7.41. The summed E-state index contributed by atoms with van der Waals surface area (Å²) >= 11 is 1.62. The summed E-state index contributed by atoms with van der Waals surface area (Å²) in [6, 6.07) is 12.3. The fourth-order valence-corrected chi connectivity index (χ4v) is 2.22. The van der Waals surface area contributed by atoms with E-state index in [0.29, 0.717) is 6.54 Å². The summed E-state index contributed by atoms with van der Waals surface area (Å²) in [5.41, 5.74) is 6.95. The van der Waals surface area contributed by atoms with Gasteiger partial charge in [0.25, 0.3) is 0 Å². The van der Waals surface area contributed by atoms with Gasteiger partial charge in [-0.25, -0.2) is 9.97 Å². The minimum atomic E-state index is 0.603. The molecule has 2 N–H and O–H groups in total. The summed E-state index contributed by atoms with van der Waals surface area (Å²) in [7, 11) is 0.